The minimum absolute atomic E-state index is 0.0248. The van der Waals surface area contributed by atoms with Crippen LogP contribution in [0.3, 0.4) is 0 Å². The second-order valence-corrected chi connectivity index (χ2v) is 5.39. The molecular weight excluding hydrogens is 318 g/mol. The lowest BCUT2D eigenvalue weighted by Crippen LogP contribution is -1.91. The highest BCUT2D eigenvalue weighted by Crippen LogP contribution is 2.29. The van der Waals surface area contributed by atoms with Gasteiger partial charge >= 0.3 is 5.97 Å². The van der Waals surface area contributed by atoms with Gasteiger partial charge in [0.1, 0.15) is 10.8 Å². The highest BCUT2D eigenvalue weighted by molar-refractivity contribution is 9.10. The summed E-state index contributed by atoms with van der Waals surface area (Å²) < 4.78 is 6.08. The number of halogens is 1. The molecule has 4 nitrogen and oxygen atoms in total. The zero-order valence-electron chi connectivity index (χ0n) is 9.51. The molecule has 0 amide bonds. The molecule has 0 spiro atoms. The summed E-state index contributed by atoms with van der Waals surface area (Å²) in [5, 5.41) is 9.70. The van der Waals surface area contributed by atoms with Crippen LogP contribution in [0.2, 0.25) is 0 Å². The van der Waals surface area contributed by atoms with Crippen molar-refractivity contribution in [2.45, 2.75) is 17.7 Å². The molecule has 0 aliphatic heterocycles. The van der Waals surface area contributed by atoms with Gasteiger partial charge in [-0.2, -0.15) is 0 Å². The van der Waals surface area contributed by atoms with Crippen LogP contribution in [0.15, 0.2) is 38.3 Å². The number of aryl methyl sites for hydroxylation is 1. The van der Waals surface area contributed by atoms with Crippen LogP contribution in [0, 0.1) is 6.92 Å². The number of rotatable bonds is 4. The fourth-order valence-electron chi connectivity index (χ4n) is 1.39. The summed E-state index contributed by atoms with van der Waals surface area (Å²) in [6.45, 7) is 1.76. The van der Waals surface area contributed by atoms with Crippen LogP contribution in [0.5, 0.6) is 0 Å². The standard InChI is InChI=1S/C12H10BrNO3S/c1-7-8(5-10(17-7)12(15)16)6-18-11-9(13)3-2-4-14-11/h2-5H,6H2,1H3,(H,15,16). The molecule has 0 saturated heterocycles. The second-order valence-electron chi connectivity index (χ2n) is 3.58. The summed E-state index contributed by atoms with van der Waals surface area (Å²) in [4.78, 5) is 15.0. The average Bonchev–Trinajstić information content (AvgIpc) is 2.70. The molecule has 0 radical (unpaired) electrons. The van der Waals surface area contributed by atoms with Gasteiger partial charge in [-0.3, -0.25) is 0 Å². The Morgan fingerprint density at radius 3 is 3.00 bits per heavy atom. The quantitative estimate of drug-likeness (QED) is 0.866. The molecule has 0 saturated carbocycles. The van der Waals surface area contributed by atoms with Gasteiger partial charge in [0, 0.05) is 22.0 Å². The molecule has 0 aliphatic carbocycles. The Labute approximate surface area is 117 Å². The van der Waals surface area contributed by atoms with Crippen molar-refractivity contribution in [1.29, 1.82) is 0 Å². The Bertz CT molecular complexity index is 582. The number of carbonyl (C=O) groups is 1. The van der Waals surface area contributed by atoms with E-state index in [4.69, 9.17) is 9.52 Å². The third-order valence-electron chi connectivity index (χ3n) is 2.32. The van der Waals surface area contributed by atoms with Gasteiger partial charge in [0.05, 0.1) is 0 Å². The summed E-state index contributed by atoms with van der Waals surface area (Å²) in [5.74, 6) is 0.182. The van der Waals surface area contributed by atoms with E-state index in [9.17, 15) is 4.79 Å². The van der Waals surface area contributed by atoms with Crippen molar-refractivity contribution in [2.24, 2.45) is 0 Å². The third-order valence-corrected chi connectivity index (χ3v) is 4.28. The van der Waals surface area contributed by atoms with E-state index in [0.717, 1.165) is 15.1 Å². The van der Waals surface area contributed by atoms with Gasteiger partial charge in [-0.15, -0.1) is 11.8 Å². The SMILES string of the molecule is Cc1oc(C(=O)O)cc1CSc1ncccc1Br. The van der Waals surface area contributed by atoms with Crippen molar-refractivity contribution in [3.05, 3.63) is 46.0 Å². The van der Waals surface area contributed by atoms with Crippen molar-refractivity contribution in [1.82, 2.24) is 4.98 Å². The number of pyridine rings is 1. The third kappa shape index (κ3) is 2.94. The first-order valence-electron chi connectivity index (χ1n) is 5.14. The maximum atomic E-state index is 10.8. The minimum Gasteiger partial charge on any atom is -0.475 e. The molecule has 2 aromatic heterocycles. The predicted molar refractivity (Wildman–Crippen MR) is 71.9 cm³/mol. The van der Waals surface area contributed by atoms with Crippen LogP contribution >= 0.6 is 27.7 Å². The van der Waals surface area contributed by atoms with E-state index in [1.165, 1.54) is 11.8 Å². The number of furan rings is 1. The van der Waals surface area contributed by atoms with Crippen molar-refractivity contribution >= 4 is 33.7 Å². The van der Waals surface area contributed by atoms with Crippen LogP contribution in [0.25, 0.3) is 0 Å². The number of hydrogen-bond donors (Lipinski definition) is 1. The molecule has 0 bridgehead atoms. The lowest BCUT2D eigenvalue weighted by molar-refractivity contribution is 0.0661. The zero-order valence-corrected chi connectivity index (χ0v) is 11.9. The molecule has 0 fully saturated rings. The summed E-state index contributed by atoms with van der Waals surface area (Å²) in [5.41, 5.74) is 0.870. The number of carboxylic acid groups (broad SMARTS) is 1. The lowest BCUT2D eigenvalue weighted by Gasteiger charge is -2.01. The summed E-state index contributed by atoms with van der Waals surface area (Å²) >= 11 is 4.94. The average molecular weight is 328 g/mol. The lowest BCUT2D eigenvalue weighted by atomic mass is 10.3. The van der Waals surface area contributed by atoms with Gasteiger partial charge < -0.3 is 9.52 Å². The summed E-state index contributed by atoms with van der Waals surface area (Å²) in [6.07, 6.45) is 1.72. The summed E-state index contributed by atoms with van der Waals surface area (Å²) in [6, 6.07) is 5.32. The largest absolute Gasteiger partial charge is 0.475 e. The van der Waals surface area contributed by atoms with E-state index in [1.54, 1.807) is 19.2 Å². The fourth-order valence-corrected chi connectivity index (χ4v) is 2.91. The van der Waals surface area contributed by atoms with Gasteiger partial charge in [-0.05, 0) is 41.1 Å². The number of nitrogens with zero attached hydrogens (tertiary/aromatic N) is 1. The second kappa shape index (κ2) is 5.58. The highest BCUT2D eigenvalue weighted by Gasteiger charge is 2.13. The molecule has 6 heteroatoms. The van der Waals surface area contributed by atoms with Gasteiger partial charge in [-0.25, -0.2) is 9.78 Å². The number of carboxylic acids is 1. The summed E-state index contributed by atoms with van der Waals surface area (Å²) in [7, 11) is 0. The van der Waals surface area contributed by atoms with Gasteiger partial charge in [0.25, 0.3) is 0 Å². The fraction of sp³-hybridized carbons (Fsp3) is 0.167. The van der Waals surface area contributed by atoms with E-state index in [1.807, 2.05) is 12.1 Å². The van der Waals surface area contributed by atoms with E-state index in [2.05, 4.69) is 20.9 Å². The highest BCUT2D eigenvalue weighted by atomic mass is 79.9. The Morgan fingerprint density at radius 1 is 1.61 bits per heavy atom. The maximum absolute atomic E-state index is 10.8. The Morgan fingerprint density at radius 2 is 2.39 bits per heavy atom. The smallest absolute Gasteiger partial charge is 0.371 e. The molecule has 18 heavy (non-hydrogen) atoms. The molecule has 1 N–H and O–H groups in total. The van der Waals surface area contributed by atoms with Crippen LogP contribution in [0.1, 0.15) is 21.9 Å². The molecule has 0 aliphatic rings. The van der Waals surface area contributed by atoms with E-state index < -0.39 is 5.97 Å². The van der Waals surface area contributed by atoms with Crippen LogP contribution in [0.4, 0.5) is 0 Å². The molecule has 2 heterocycles. The number of thioether (sulfide) groups is 1. The number of aromatic carboxylic acids is 1. The Balaban J connectivity index is 2.11. The van der Waals surface area contributed by atoms with Crippen molar-refractivity contribution in [3.63, 3.8) is 0 Å². The van der Waals surface area contributed by atoms with Crippen LogP contribution in [-0.4, -0.2) is 16.1 Å². The van der Waals surface area contributed by atoms with Crippen LogP contribution < -0.4 is 0 Å². The first-order valence-corrected chi connectivity index (χ1v) is 6.91. The van der Waals surface area contributed by atoms with Crippen molar-refractivity contribution < 1.29 is 14.3 Å². The number of aromatic nitrogens is 1. The molecule has 94 valence electrons. The van der Waals surface area contributed by atoms with E-state index in [0.29, 0.717) is 11.5 Å². The van der Waals surface area contributed by atoms with Gasteiger partial charge in [0.2, 0.25) is 5.76 Å². The molecule has 0 unspecified atom stereocenters. The monoisotopic (exact) mass is 327 g/mol. The topological polar surface area (TPSA) is 63.3 Å². The normalized spacial score (nSPS) is 10.6. The van der Waals surface area contributed by atoms with E-state index in [-0.39, 0.29) is 5.76 Å². The van der Waals surface area contributed by atoms with Gasteiger partial charge in [-0.1, -0.05) is 0 Å². The van der Waals surface area contributed by atoms with Crippen molar-refractivity contribution in [3.8, 4) is 0 Å². The predicted octanol–water partition coefficient (Wildman–Crippen LogP) is 3.74. The first kappa shape index (κ1) is 13.2. The zero-order chi connectivity index (χ0) is 13.1. The van der Waals surface area contributed by atoms with Gasteiger partial charge in [0.15, 0.2) is 0 Å². The molecule has 0 atom stereocenters. The maximum Gasteiger partial charge on any atom is 0.371 e. The molecule has 2 rings (SSSR count). The molecule has 0 aromatic carbocycles. The Hall–Kier alpha value is -1.27. The minimum atomic E-state index is -1.05. The van der Waals surface area contributed by atoms with E-state index >= 15 is 0 Å². The van der Waals surface area contributed by atoms with Crippen LogP contribution in [-0.2, 0) is 5.75 Å². The Kier molecular flexibility index (Phi) is 4.08. The molecular formula is C12H10BrNO3S. The number of hydrogen-bond acceptors (Lipinski definition) is 4. The van der Waals surface area contributed by atoms with Crippen molar-refractivity contribution in [2.75, 3.05) is 0 Å². The molecule has 2 aromatic rings. The first-order chi connectivity index (χ1) is 8.58.